The Bertz CT molecular complexity index is 967. The molecule has 0 amide bonds. The van der Waals surface area contributed by atoms with Crippen molar-refractivity contribution in [3.63, 3.8) is 0 Å². The van der Waals surface area contributed by atoms with Gasteiger partial charge in [-0.3, -0.25) is 0 Å². The Hall–Kier alpha value is -2.98. The highest BCUT2D eigenvalue weighted by Gasteiger charge is 2.23. The first kappa shape index (κ1) is 21.3. The van der Waals surface area contributed by atoms with E-state index in [1.807, 2.05) is 24.3 Å². The van der Waals surface area contributed by atoms with Crippen molar-refractivity contribution in [3.8, 4) is 17.2 Å². The van der Waals surface area contributed by atoms with E-state index in [9.17, 15) is 0 Å². The van der Waals surface area contributed by atoms with Gasteiger partial charge in [-0.25, -0.2) is 0 Å². The van der Waals surface area contributed by atoms with Crippen LogP contribution in [0.25, 0.3) is 0 Å². The number of ether oxygens (including phenoxy) is 2. The van der Waals surface area contributed by atoms with Crippen LogP contribution in [-0.2, 0) is 6.42 Å². The van der Waals surface area contributed by atoms with Gasteiger partial charge in [0.25, 0.3) is 0 Å². The van der Waals surface area contributed by atoms with E-state index in [1.54, 1.807) is 0 Å². The molecule has 0 aliphatic carbocycles. The van der Waals surface area contributed by atoms with Crippen molar-refractivity contribution in [3.05, 3.63) is 83.9 Å². The summed E-state index contributed by atoms with van der Waals surface area (Å²) in [5.74, 6) is 2.54. The normalized spacial score (nSPS) is 13.9. The molecule has 0 N–H and O–H groups in total. The first-order valence-electron chi connectivity index (χ1n) is 11.1. The molecule has 31 heavy (non-hydrogen) atoms. The van der Waals surface area contributed by atoms with Gasteiger partial charge in [-0.05, 0) is 87.5 Å². The molecule has 4 heteroatoms. The first-order chi connectivity index (χ1) is 15.1. The minimum absolute atomic E-state index is 0.335. The third kappa shape index (κ3) is 5.39. The highest BCUT2D eigenvalue weighted by molar-refractivity contribution is 5.59. The summed E-state index contributed by atoms with van der Waals surface area (Å²) < 4.78 is 11.8. The lowest BCUT2D eigenvalue weighted by atomic mass is 10.1. The number of benzene rings is 3. The second kappa shape index (κ2) is 9.88. The molecule has 0 spiro atoms. The van der Waals surface area contributed by atoms with E-state index in [4.69, 9.17) is 9.47 Å². The molecule has 0 saturated carbocycles. The summed E-state index contributed by atoms with van der Waals surface area (Å²) in [5.41, 5.74) is 4.10. The molecule has 0 aromatic heterocycles. The van der Waals surface area contributed by atoms with Crippen molar-refractivity contribution in [1.29, 1.82) is 0 Å². The van der Waals surface area contributed by atoms with E-state index in [-0.39, 0.29) is 0 Å². The van der Waals surface area contributed by atoms with E-state index in [0.29, 0.717) is 6.04 Å². The Labute approximate surface area is 186 Å². The van der Waals surface area contributed by atoms with Crippen molar-refractivity contribution >= 4 is 5.69 Å². The predicted octanol–water partition coefficient (Wildman–Crippen LogP) is 5.93. The minimum Gasteiger partial charge on any atom is -0.494 e. The van der Waals surface area contributed by atoms with Crippen molar-refractivity contribution in [2.45, 2.75) is 25.8 Å². The smallest absolute Gasteiger partial charge is 0.127 e. The molecular formula is C27H32N2O2. The first-order valence-corrected chi connectivity index (χ1v) is 11.1. The minimum atomic E-state index is 0.335. The van der Waals surface area contributed by atoms with Crippen LogP contribution in [0.15, 0.2) is 72.8 Å². The third-order valence-corrected chi connectivity index (χ3v) is 5.83. The van der Waals surface area contributed by atoms with Crippen molar-refractivity contribution in [2.75, 3.05) is 38.7 Å². The van der Waals surface area contributed by atoms with E-state index >= 15 is 0 Å². The van der Waals surface area contributed by atoms with Crippen molar-refractivity contribution in [2.24, 2.45) is 0 Å². The molecule has 1 aliphatic heterocycles. The summed E-state index contributed by atoms with van der Waals surface area (Å²) in [7, 11) is 4.15. The summed E-state index contributed by atoms with van der Waals surface area (Å²) in [6, 6.07) is 25.3. The Kier molecular flexibility index (Phi) is 6.78. The van der Waals surface area contributed by atoms with E-state index in [1.165, 1.54) is 16.8 Å². The fourth-order valence-electron chi connectivity index (χ4n) is 4.07. The van der Waals surface area contributed by atoms with E-state index < -0.39 is 0 Å². The molecule has 4 nitrogen and oxygen atoms in total. The number of para-hydroxylation sites is 1. The lowest BCUT2D eigenvalue weighted by Gasteiger charge is -2.27. The maximum absolute atomic E-state index is 6.03. The van der Waals surface area contributed by atoms with Gasteiger partial charge in [0.1, 0.15) is 17.2 Å². The van der Waals surface area contributed by atoms with Crippen LogP contribution < -0.4 is 14.4 Å². The highest BCUT2D eigenvalue weighted by atomic mass is 16.5. The average Bonchev–Trinajstić information content (AvgIpc) is 3.22. The zero-order valence-corrected chi connectivity index (χ0v) is 18.8. The molecule has 1 atom stereocenters. The number of anilines is 1. The van der Waals surface area contributed by atoms with Gasteiger partial charge < -0.3 is 19.3 Å². The molecule has 3 aromatic rings. The number of nitrogens with zero attached hydrogens (tertiary/aromatic N) is 2. The van der Waals surface area contributed by atoms with Crippen LogP contribution in [0.4, 0.5) is 5.69 Å². The molecular weight excluding hydrogens is 384 g/mol. The number of hydrogen-bond acceptors (Lipinski definition) is 4. The van der Waals surface area contributed by atoms with Gasteiger partial charge in [-0.1, -0.05) is 30.3 Å². The van der Waals surface area contributed by atoms with Crippen LogP contribution in [0.1, 0.15) is 30.5 Å². The molecule has 3 aromatic carbocycles. The SMILES string of the molecule is C[C@@H](c1ccc(Oc2ccc(OCCCN(C)C)cc2)cc1)N1CCc2ccccc21. The molecule has 0 unspecified atom stereocenters. The molecule has 0 fully saturated rings. The lowest BCUT2D eigenvalue weighted by Crippen LogP contribution is -2.24. The molecule has 162 valence electrons. The van der Waals surface area contributed by atoms with Gasteiger partial charge in [0.15, 0.2) is 0 Å². The van der Waals surface area contributed by atoms with Gasteiger partial charge >= 0.3 is 0 Å². The second-order valence-corrected chi connectivity index (χ2v) is 8.40. The van der Waals surface area contributed by atoms with E-state index in [0.717, 1.165) is 49.8 Å². The molecule has 4 rings (SSSR count). The van der Waals surface area contributed by atoms with Crippen LogP contribution in [0.3, 0.4) is 0 Å². The summed E-state index contributed by atoms with van der Waals surface area (Å²) in [4.78, 5) is 4.65. The maximum atomic E-state index is 6.03. The summed E-state index contributed by atoms with van der Waals surface area (Å²) in [6.07, 6.45) is 2.14. The standard InChI is InChI=1S/C27H32N2O2/c1-21(29-19-17-23-7-4-5-8-27(23)29)22-9-11-25(12-10-22)31-26-15-13-24(14-16-26)30-20-6-18-28(2)3/h4-5,7-16,21H,6,17-20H2,1-3H3/t21-/m0/s1. The average molecular weight is 417 g/mol. The maximum Gasteiger partial charge on any atom is 0.127 e. The van der Waals surface area contributed by atoms with Crippen LogP contribution in [0, 0.1) is 0 Å². The molecule has 0 radical (unpaired) electrons. The zero-order valence-electron chi connectivity index (χ0n) is 18.8. The summed E-state index contributed by atoms with van der Waals surface area (Å²) >= 11 is 0. The summed E-state index contributed by atoms with van der Waals surface area (Å²) in [6.45, 7) is 5.09. The zero-order chi connectivity index (χ0) is 21.6. The van der Waals surface area contributed by atoms with Crippen molar-refractivity contribution in [1.82, 2.24) is 4.90 Å². The number of fused-ring (bicyclic) bond motifs is 1. The monoisotopic (exact) mass is 416 g/mol. The molecule has 0 saturated heterocycles. The Morgan fingerprint density at radius 1 is 0.871 bits per heavy atom. The van der Waals surface area contributed by atoms with Crippen LogP contribution >= 0.6 is 0 Å². The van der Waals surface area contributed by atoms with Gasteiger partial charge in [-0.2, -0.15) is 0 Å². The Morgan fingerprint density at radius 3 is 2.23 bits per heavy atom. The summed E-state index contributed by atoms with van der Waals surface area (Å²) in [5, 5.41) is 0. The highest BCUT2D eigenvalue weighted by Crippen LogP contribution is 2.35. The number of hydrogen-bond donors (Lipinski definition) is 0. The van der Waals surface area contributed by atoms with Gasteiger partial charge in [-0.15, -0.1) is 0 Å². The molecule has 1 heterocycles. The topological polar surface area (TPSA) is 24.9 Å². The Morgan fingerprint density at radius 2 is 1.52 bits per heavy atom. The molecule has 0 bridgehead atoms. The van der Waals surface area contributed by atoms with Gasteiger partial charge in [0.2, 0.25) is 0 Å². The fraction of sp³-hybridized carbons (Fsp3) is 0.333. The number of rotatable bonds is 9. The second-order valence-electron chi connectivity index (χ2n) is 8.40. The quantitative estimate of drug-likeness (QED) is 0.404. The third-order valence-electron chi connectivity index (χ3n) is 5.83. The van der Waals surface area contributed by atoms with Crippen LogP contribution in [-0.4, -0.2) is 38.7 Å². The van der Waals surface area contributed by atoms with Crippen LogP contribution in [0.5, 0.6) is 17.2 Å². The van der Waals surface area contributed by atoms with Gasteiger partial charge in [0.05, 0.1) is 12.6 Å². The van der Waals surface area contributed by atoms with Crippen LogP contribution in [0.2, 0.25) is 0 Å². The van der Waals surface area contributed by atoms with E-state index in [2.05, 4.69) is 79.3 Å². The van der Waals surface area contributed by atoms with Gasteiger partial charge in [0, 0.05) is 18.8 Å². The predicted molar refractivity (Wildman–Crippen MR) is 128 cm³/mol. The Balaban J connectivity index is 1.32. The molecule has 1 aliphatic rings. The van der Waals surface area contributed by atoms with Crippen molar-refractivity contribution < 1.29 is 9.47 Å². The largest absolute Gasteiger partial charge is 0.494 e. The lowest BCUT2D eigenvalue weighted by molar-refractivity contribution is 0.281. The fourth-order valence-corrected chi connectivity index (χ4v) is 4.07.